The summed E-state index contributed by atoms with van der Waals surface area (Å²) in [4.78, 5) is 75.3. The van der Waals surface area contributed by atoms with Gasteiger partial charge < -0.3 is 63.3 Å². The fourth-order valence-electron chi connectivity index (χ4n) is 9.76. The third-order valence-corrected chi connectivity index (χ3v) is 15.1. The lowest BCUT2D eigenvalue weighted by Gasteiger charge is -2.41. The number of piperidine rings is 2. The normalized spacial score (nSPS) is 18.8. The number of imide groups is 2. The summed E-state index contributed by atoms with van der Waals surface area (Å²) >= 11 is 13.4. The summed E-state index contributed by atoms with van der Waals surface area (Å²) in [5.41, 5.74) is 8.74. The molecule has 3 fully saturated rings. The van der Waals surface area contributed by atoms with E-state index in [9.17, 15) is 24.0 Å². The van der Waals surface area contributed by atoms with Crippen molar-refractivity contribution >= 4 is 58.4 Å². The summed E-state index contributed by atoms with van der Waals surface area (Å²) in [6.07, 6.45) is 7.03. The fourth-order valence-corrected chi connectivity index (χ4v) is 10.2. The van der Waals surface area contributed by atoms with Gasteiger partial charge in [-0.15, -0.1) is 0 Å². The number of nitrogens with one attached hydrogen (secondary N) is 2. The molecule has 1 spiro atoms. The minimum atomic E-state index is -1.09. The molecule has 4 aliphatic heterocycles. The maximum Gasteiger partial charge on any atom is 0.266 e. The number of amides is 4. The number of carbonyl (C=O) groups is 5. The Morgan fingerprint density at radius 3 is 1.95 bits per heavy atom. The van der Waals surface area contributed by atoms with Crippen LogP contribution < -0.4 is 30.7 Å². The van der Waals surface area contributed by atoms with Crippen LogP contribution in [0.4, 0.5) is 5.82 Å². The van der Waals surface area contributed by atoms with Crippen LogP contribution in [0.2, 0.25) is 10.0 Å². The Balaban J connectivity index is 0.586. The Kier molecular flexibility index (Phi) is 25.5. The first-order valence-corrected chi connectivity index (χ1v) is 28.4. The van der Waals surface area contributed by atoms with Crippen molar-refractivity contribution in [1.82, 2.24) is 25.5 Å². The maximum atomic E-state index is 13.2. The van der Waals surface area contributed by atoms with E-state index >= 15 is 0 Å². The number of Topliss-reactive ketones (excluding diaryl/α,β-unsaturated/α-hetero) is 1. The first-order valence-electron chi connectivity index (χ1n) is 27.7. The van der Waals surface area contributed by atoms with E-state index in [-0.39, 0.29) is 66.2 Å². The molecule has 5 heterocycles. The van der Waals surface area contributed by atoms with Crippen molar-refractivity contribution in [2.75, 3.05) is 143 Å². The van der Waals surface area contributed by atoms with Gasteiger partial charge in [0, 0.05) is 95.9 Å². The van der Waals surface area contributed by atoms with E-state index < -0.39 is 29.7 Å². The summed E-state index contributed by atoms with van der Waals surface area (Å²) in [5.74, 6) is -1.42. The van der Waals surface area contributed by atoms with Crippen molar-refractivity contribution < 1.29 is 71.3 Å². The van der Waals surface area contributed by atoms with Crippen molar-refractivity contribution in [2.24, 2.45) is 11.1 Å². The number of aryl methyl sites for hydroxylation is 1. The Morgan fingerprint density at radius 1 is 0.750 bits per heavy atom. The van der Waals surface area contributed by atoms with Crippen molar-refractivity contribution in [2.45, 2.75) is 83.4 Å². The lowest BCUT2D eigenvalue weighted by Crippen LogP contribution is -2.54. The van der Waals surface area contributed by atoms with Crippen LogP contribution in [0.25, 0.3) is 11.3 Å². The van der Waals surface area contributed by atoms with Crippen molar-refractivity contribution in [3.63, 3.8) is 0 Å². The molecule has 0 radical (unpaired) electrons. The Hall–Kier alpha value is -4.95. The summed E-state index contributed by atoms with van der Waals surface area (Å²) in [7, 11) is 0. The Labute approximate surface area is 477 Å². The van der Waals surface area contributed by atoms with Gasteiger partial charge in [-0.25, -0.2) is 4.98 Å². The van der Waals surface area contributed by atoms with Crippen molar-refractivity contribution in [3.05, 3.63) is 63.4 Å². The molecule has 80 heavy (non-hydrogen) atoms. The molecule has 4 amide bonds. The molecule has 0 bridgehead atoms. The lowest BCUT2D eigenvalue weighted by molar-refractivity contribution is -0.136. The van der Waals surface area contributed by atoms with Crippen molar-refractivity contribution in [3.8, 4) is 22.8 Å². The molecule has 24 heteroatoms. The molecule has 0 saturated carbocycles. The Bertz CT molecular complexity index is 2520. The second-order valence-electron chi connectivity index (χ2n) is 20.0. The van der Waals surface area contributed by atoms with Crippen molar-refractivity contribution in [1.29, 1.82) is 0 Å². The topological polar surface area (TPSA) is 260 Å². The number of nitrogens with zero attached hydrogens (tertiary/aromatic N) is 4. The predicted octanol–water partition coefficient (Wildman–Crippen LogP) is 4.79. The molecule has 22 nitrogen and oxygen atoms in total. The van der Waals surface area contributed by atoms with Crippen LogP contribution in [-0.4, -0.2) is 201 Å². The van der Waals surface area contributed by atoms with E-state index in [1.807, 2.05) is 13.0 Å². The van der Waals surface area contributed by atoms with Gasteiger partial charge in [0.2, 0.25) is 11.8 Å². The molecule has 2 aromatic carbocycles. The van der Waals surface area contributed by atoms with Crippen LogP contribution >= 0.6 is 23.2 Å². The van der Waals surface area contributed by atoms with Gasteiger partial charge >= 0.3 is 0 Å². The molecular weight excluding hydrogens is 1080 g/mol. The van der Waals surface area contributed by atoms with Gasteiger partial charge in [0.15, 0.2) is 5.78 Å². The van der Waals surface area contributed by atoms with E-state index in [2.05, 4.69) is 22.5 Å². The highest BCUT2D eigenvalue weighted by Crippen LogP contribution is 2.43. The number of aromatic nitrogens is 2. The number of hydrogen-bond donors (Lipinski definition) is 3. The number of halogens is 2. The summed E-state index contributed by atoms with van der Waals surface area (Å²) < 4.78 is 56.9. The molecular formula is C56H77Cl2N7O15. The SMILES string of the molecule is Cc1nc(N2CCC3(CC2)CO[C@@H](C)[C@H]3N)cnc1-c1ccc(OCCOCCOCCCOCCCOCCCOCCCOCCOCCNCC(=O)COc2cccc3c2C(=O)N(C2CCC(=O)NC2=O)C3=O)c(Cl)c1Cl. The Morgan fingerprint density at radius 2 is 1.35 bits per heavy atom. The predicted molar refractivity (Wildman–Crippen MR) is 296 cm³/mol. The molecule has 3 saturated heterocycles. The van der Waals surface area contributed by atoms with Crippen LogP contribution in [-0.2, 0) is 52.3 Å². The van der Waals surface area contributed by atoms with E-state index in [1.54, 1.807) is 12.3 Å². The molecule has 4 N–H and O–H groups in total. The maximum absolute atomic E-state index is 13.2. The summed E-state index contributed by atoms with van der Waals surface area (Å²) in [5, 5.41) is 5.82. The number of ether oxygens (including phenoxy) is 10. The molecule has 0 aliphatic carbocycles. The molecule has 3 atom stereocenters. The zero-order chi connectivity index (χ0) is 56.7. The number of carbonyl (C=O) groups excluding carboxylic acids is 5. The first kappa shape index (κ1) is 62.6. The second-order valence-corrected chi connectivity index (χ2v) is 20.7. The van der Waals surface area contributed by atoms with Crippen LogP contribution in [0.15, 0.2) is 36.5 Å². The van der Waals surface area contributed by atoms with Gasteiger partial charge in [-0.2, -0.15) is 0 Å². The number of fused-ring (bicyclic) bond motifs is 1. The number of ketones is 1. The van der Waals surface area contributed by atoms with Gasteiger partial charge in [-0.3, -0.25) is 39.2 Å². The quantitative estimate of drug-likeness (QED) is 0.0518. The summed E-state index contributed by atoms with van der Waals surface area (Å²) in [6.45, 7) is 14.1. The van der Waals surface area contributed by atoms with E-state index in [4.69, 9.17) is 86.3 Å². The zero-order valence-electron chi connectivity index (χ0n) is 45.9. The number of benzene rings is 2. The van der Waals surface area contributed by atoms with Crippen LogP contribution in [0, 0.1) is 12.3 Å². The fraction of sp³-hybridized carbons (Fsp3) is 0.625. The molecule has 7 rings (SSSR count). The lowest BCUT2D eigenvalue weighted by atomic mass is 9.73. The van der Waals surface area contributed by atoms with Gasteiger partial charge in [-0.05, 0) is 83.1 Å². The van der Waals surface area contributed by atoms with Gasteiger partial charge in [0.05, 0.1) is 92.6 Å². The molecule has 1 unspecified atom stereocenters. The van der Waals surface area contributed by atoms with Gasteiger partial charge in [-0.1, -0.05) is 29.3 Å². The van der Waals surface area contributed by atoms with E-state index in [0.29, 0.717) is 133 Å². The second kappa shape index (κ2) is 32.6. The van der Waals surface area contributed by atoms with E-state index in [1.165, 1.54) is 18.2 Å². The summed E-state index contributed by atoms with van der Waals surface area (Å²) in [6, 6.07) is 7.09. The monoisotopic (exact) mass is 1160 g/mol. The van der Waals surface area contributed by atoms with Gasteiger partial charge in [0.25, 0.3) is 11.8 Å². The van der Waals surface area contributed by atoms with Crippen LogP contribution in [0.3, 0.4) is 0 Å². The number of nitrogens with two attached hydrogens (primary N) is 1. The van der Waals surface area contributed by atoms with Crippen LogP contribution in [0.5, 0.6) is 11.5 Å². The highest BCUT2D eigenvalue weighted by molar-refractivity contribution is 6.44. The average molecular weight is 1160 g/mol. The zero-order valence-corrected chi connectivity index (χ0v) is 47.5. The highest BCUT2D eigenvalue weighted by Gasteiger charge is 2.48. The minimum absolute atomic E-state index is 0.00935. The molecule has 1 aromatic heterocycles. The van der Waals surface area contributed by atoms with Crippen LogP contribution in [0.1, 0.15) is 84.7 Å². The smallest absolute Gasteiger partial charge is 0.266 e. The number of anilines is 1. The standard InChI is InChI=1S/C56H77Cl2N7O15/c1-38-51(61-35-46(62-38)64-17-14-56(15-18-64)37-80-39(2)52(56)59)42-10-12-45(50(58)49(42)57)78-33-32-77-31-29-75-26-7-24-73-22-5-20-71-19-4-21-72-23-6-25-74-28-30-76-27-16-60-34-40(66)36-79-44-9-3-8-41-48(44)55(70)65(54(41)69)43-11-13-47(67)63-53(43)68/h3,8-10,12,35,39,43,52,60H,4-7,11,13-34,36-37,59H2,1-2H3,(H,63,67,68)/t39-,43?,52+/m0/s1. The molecule has 4 aliphatic rings. The number of hydrogen-bond acceptors (Lipinski definition) is 20. The average Bonchev–Trinajstić information content (AvgIpc) is 3.87. The van der Waals surface area contributed by atoms with Gasteiger partial charge in [0.1, 0.15) is 41.6 Å². The first-order chi connectivity index (χ1) is 38.9. The molecule has 3 aromatic rings. The van der Waals surface area contributed by atoms with E-state index in [0.717, 1.165) is 74.6 Å². The largest absolute Gasteiger partial charge is 0.490 e. The minimum Gasteiger partial charge on any atom is -0.490 e. The number of rotatable bonds is 37. The third kappa shape index (κ3) is 17.8. The molecule has 440 valence electrons. The highest BCUT2D eigenvalue weighted by atomic mass is 35.5. The third-order valence-electron chi connectivity index (χ3n) is 14.3.